The zero-order chi connectivity index (χ0) is 24.3. The van der Waals surface area contributed by atoms with Crippen molar-refractivity contribution < 1.29 is 19.4 Å². The standard InChI is InChI=1S/C24H33N5O4Si/c1-27(24(30)31)20-15-28(10-11-33-20)22-21-19(18-8-6-5-7-9-18)14-29(23(21)26-16-25-22)17-32-12-13-34(2,3)4/h5-9,14,16,20H,10-13,15,17H2,1-4H3,(H,30,31). The maximum absolute atomic E-state index is 11.5. The fourth-order valence-corrected chi connectivity index (χ4v) is 4.76. The molecule has 0 radical (unpaired) electrons. The van der Waals surface area contributed by atoms with Crippen LogP contribution >= 0.6 is 0 Å². The van der Waals surface area contributed by atoms with Crippen molar-refractivity contribution in [2.45, 2.75) is 38.6 Å². The smallest absolute Gasteiger partial charge is 0.409 e. The third kappa shape index (κ3) is 5.40. The van der Waals surface area contributed by atoms with Gasteiger partial charge in [-0.2, -0.15) is 0 Å². The fraction of sp³-hybridized carbons (Fsp3) is 0.458. The van der Waals surface area contributed by atoms with Gasteiger partial charge in [-0.3, -0.25) is 4.90 Å². The van der Waals surface area contributed by atoms with Crippen LogP contribution in [-0.4, -0.2) is 78.3 Å². The highest BCUT2D eigenvalue weighted by Crippen LogP contribution is 2.36. The summed E-state index contributed by atoms with van der Waals surface area (Å²) < 4.78 is 13.8. The Hall–Kier alpha value is -2.95. The molecule has 34 heavy (non-hydrogen) atoms. The van der Waals surface area contributed by atoms with Crippen molar-refractivity contribution in [1.29, 1.82) is 0 Å². The molecule has 182 valence electrons. The molecule has 1 atom stereocenters. The summed E-state index contributed by atoms with van der Waals surface area (Å²) >= 11 is 0. The summed E-state index contributed by atoms with van der Waals surface area (Å²) in [5.41, 5.74) is 2.89. The number of morpholine rings is 1. The molecule has 4 rings (SSSR count). The van der Waals surface area contributed by atoms with Crippen molar-refractivity contribution in [2.75, 3.05) is 38.3 Å². The molecule has 1 unspecified atom stereocenters. The molecule has 0 bridgehead atoms. The Kier molecular flexibility index (Phi) is 7.20. The average Bonchev–Trinajstić information content (AvgIpc) is 3.20. The van der Waals surface area contributed by atoms with Crippen molar-refractivity contribution in [3.05, 3.63) is 42.9 Å². The molecule has 2 aromatic heterocycles. The Bertz CT molecular complexity index is 1130. The molecule has 0 saturated carbocycles. The molecule has 1 amide bonds. The van der Waals surface area contributed by atoms with E-state index in [-0.39, 0.29) is 0 Å². The quantitative estimate of drug-likeness (QED) is 0.379. The minimum atomic E-state index is -1.18. The van der Waals surface area contributed by atoms with Gasteiger partial charge in [0.25, 0.3) is 0 Å². The van der Waals surface area contributed by atoms with Crippen LogP contribution in [0.3, 0.4) is 0 Å². The zero-order valence-corrected chi connectivity index (χ0v) is 21.3. The number of carbonyl (C=O) groups is 1. The number of ether oxygens (including phenoxy) is 2. The number of likely N-dealkylation sites (N-methyl/N-ethyl adjacent to an activating group) is 1. The highest BCUT2D eigenvalue weighted by atomic mass is 28.3. The highest BCUT2D eigenvalue weighted by molar-refractivity contribution is 6.76. The minimum absolute atomic E-state index is 0.390. The van der Waals surface area contributed by atoms with Crippen molar-refractivity contribution in [3.8, 4) is 11.1 Å². The van der Waals surface area contributed by atoms with Gasteiger partial charge in [0.2, 0.25) is 0 Å². The molecular formula is C24H33N5O4Si. The first kappa shape index (κ1) is 24.2. The zero-order valence-electron chi connectivity index (χ0n) is 20.3. The second kappa shape index (κ2) is 10.1. The van der Waals surface area contributed by atoms with E-state index in [2.05, 4.69) is 52.8 Å². The van der Waals surface area contributed by atoms with Gasteiger partial charge in [0, 0.05) is 40.0 Å². The van der Waals surface area contributed by atoms with Crippen LogP contribution in [0, 0.1) is 0 Å². The second-order valence-electron chi connectivity index (χ2n) is 9.79. The summed E-state index contributed by atoms with van der Waals surface area (Å²) in [5, 5.41) is 10.3. The number of nitrogens with zero attached hydrogens (tertiary/aromatic N) is 5. The van der Waals surface area contributed by atoms with Crippen molar-refractivity contribution in [3.63, 3.8) is 0 Å². The molecule has 0 aliphatic carbocycles. The Morgan fingerprint density at radius 2 is 2.03 bits per heavy atom. The SMILES string of the molecule is CN(C(=O)O)C1CN(c2ncnc3c2c(-c2ccccc2)cn3COCC[Si](C)(C)C)CCO1. The topological polar surface area (TPSA) is 93.0 Å². The second-order valence-corrected chi connectivity index (χ2v) is 15.4. The molecule has 1 fully saturated rings. The first-order chi connectivity index (χ1) is 16.2. The predicted molar refractivity (Wildman–Crippen MR) is 135 cm³/mol. The Morgan fingerprint density at radius 3 is 2.74 bits per heavy atom. The van der Waals surface area contributed by atoms with E-state index in [1.807, 2.05) is 22.8 Å². The van der Waals surface area contributed by atoms with E-state index in [4.69, 9.17) is 9.47 Å². The molecule has 10 heteroatoms. The maximum Gasteiger partial charge on any atom is 0.409 e. The number of anilines is 1. The van der Waals surface area contributed by atoms with Crippen LogP contribution in [0.15, 0.2) is 42.9 Å². The number of benzene rings is 1. The first-order valence-electron chi connectivity index (χ1n) is 11.5. The van der Waals surface area contributed by atoms with Gasteiger partial charge in [-0.05, 0) is 11.6 Å². The number of hydrogen-bond acceptors (Lipinski definition) is 6. The largest absolute Gasteiger partial charge is 0.465 e. The number of rotatable bonds is 8. The molecule has 0 spiro atoms. The predicted octanol–water partition coefficient (Wildman–Crippen LogP) is 4.18. The number of carboxylic acid groups (broad SMARTS) is 1. The van der Waals surface area contributed by atoms with Gasteiger partial charge in [0.15, 0.2) is 6.23 Å². The summed E-state index contributed by atoms with van der Waals surface area (Å²) in [7, 11) is 0.347. The Morgan fingerprint density at radius 1 is 1.26 bits per heavy atom. The molecule has 1 aliphatic heterocycles. The summed E-state index contributed by atoms with van der Waals surface area (Å²) in [4.78, 5) is 24.0. The van der Waals surface area contributed by atoms with E-state index in [1.54, 1.807) is 6.33 Å². The van der Waals surface area contributed by atoms with Gasteiger partial charge in [-0.25, -0.2) is 14.8 Å². The van der Waals surface area contributed by atoms with Gasteiger partial charge in [0.1, 0.15) is 24.5 Å². The molecule has 9 nitrogen and oxygen atoms in total. The van der Waals surface area contributed by atoms with Gasteiger partial charge >= 0.3 is 6.09 Å². The third-order valence-corrected chi connectivity index (χ3v) is 7.73. The molecule has 1 N–H and O–H groups in total. The first-order valence-corrected chi connectivity index (χ1v) is 15.2. The summed E-state index contributed by atoms with van der Waals surface area (Å²) in [6.45, 7) is 9.57. The molecule has 1 saturated heterocycles. The van der Waals surface area contributed by atoms with E-state index >= 15 is 0 Å². The number of fused-ring (bicyclic) bond motifs is 1. The average molecular weight is 484 g/mol. The van der Waals surface area contributed by atoms with Gasteiger partial charge < -0.3 is 24.0 Å². The van der Waals surface area contributed by atoms with E-state index in [0.29, 0.717) is 26.4 Å². The van der Waals surface area contributed by atoms with Crippen molar-refractivity contribution in [2.24, 2.45) is 0 Å². The minimum Gasteiger partial charge on any atom is -0.465 e. The maximum atomic E-state index is 11.5. The van der Waals surface area contributed by atoms with Gasteiger partial charge in [-0.15, -0.1) is 0 Å². The van der Waals surface area contributed by atoms with Crippen LogP contribution in [0.25, 0.3) is 22.2 Å². The lowest BCUT2D eigenvalue weighted by Gasteiger charge is -2.37. The van der Waals surface area contributed by atoms with Crippen LogP contribution in [0.5, 0.6) is 0 Å². The van der Waals surface area contributed by atoms with Gasteiger partial charge in [0.05, 0.1) is 18.5 Å². The van der Waals surface area contributed by atoms with Gasteiger partial charge in [-0.1, -0.05) is 50.0 Å². The van der Waals surface area contributed by atoms with E-state index in [0.717, 1.165) is 40.6 Å². The molecular weight excluding hydrogens is 450 g/mol. The van der Waals surface area contributed by atoms with Crippen LogP contribution in [-0.2, 0) is 16.2 Å². The fourth-order valence-electron chi connectivity index (χ4n) is 4.00. The number of aromatic nitrogens is 3. The van der Waals surface area contributed by atoms with Crippen LogP contribution in [0.4, 0.5) is 10.6 Å². The van der Waals surface area contributed by atoms with E-state index < -0.39 is 20.4 Å². The summed E-state index contributed by atoms with van der Waals surface area (Å²) in [6, 6.07) is 11.3. The number of amides is 1. The molecule has 3 aromatic rings. The number of hydrogen-bond donors (Lipinski definition) is 1. The lowest BCUT2D eigenvalue weighted by atomic mass is 10.1. The van der Waals surface area contributed by atoms with Crippen LogP contribution < -0.4 is 4.90 Å². The normalized spacial score (nSPS) is 16.7. The van der Waals surface area contributed by atoms with Crippen molar-refractivity contribution >= 4 is 31.0 Å². The highest BCUT2D eigenvalue weighted by Gasteiger charge is 2.29. The van der Waals surface area contributed by atoms with Crippen LogP contribution in [0.1, 0.15) is 0 Å². The Labute approximate surface area is 200 Å². The monoisotopic (exact) mass is 483 g/mol. The molecule has 3 heterocycles. The van der Waals surface area contributed by atoms with Crippen molar-refractivity contribution in [1.82, 2.24) is 19.4 Å². The lowest BCUT2D eigenvalue weighted by molar-refractivity contribution is -0.0447. The molecule has 1 aromatic carbocycles. The third-order valence-electron chi connectivity index (χ3n) is 6.03. The lowest BCUT2D eigenvalue weighted by Crippen LogP contribution is -2.51. The van der Waals surface area contributed by atoms with E-state index in [9.17, 15) is 9.90 Å². The summed E-state index contributed by atoms with van der Waals surface area (Å²) in [5.74, 6) is 0.775. The van der Waals surface area contributed by atoms with E-state index in [1.165, 1.54) is 11.9 Å². The van der Waals surface area contributed by atoms with Crippen LogP contribution in [0.2, 0.25) is 25.7 Å². The Balaban J connectivity index is 1.70. The summed E-state index contributed by atoms with van der Waals surface area (Å²) in [6.07, 6.45) is 2.06. The molecule has 1 aliphatic rings.